The van der Waals surface area contributed by atoms with Crippen LogP contribution in [0.4, 0.5) is 5.69 Å². The number of benzene rings is 2. The third-order valence-corrected chi connectivity index (χ3v) is 11.3. The molecule has 1 saturated heterocycles. The van der Waals surface area contributed by atoms with Gasteiger partial charge < -0.3 is 12.3 Å². The zero-order chi connectivity index (χ0) is 29.2. The molecule has 40 heavy (non-hydrogen) atoms. The number of likely N-dealkylation sites (N-methyl/N-ethyl adjacent to an activating group) is 2. The Kier molecular flexibility index (Phi) is 14.6. The first kappa shape index (κ1) is 38.6. The van der Waals surface area contributed by atoms with Crippen LogP contribution in [0, 0.1) is 18.3 Å². The molecule has 4 heteroatoms. The molecule has 2 atom stereocenters. The number of hydrogen-bond acceptors (Lipinski definition) is 3. The predicted molar refractivity (Wildman–Crippen MR) is 188 cm³/mol. The van der Waals surface area contributed by atoms with Gasteiger partial charge >= 0.3 is 0 Å². The van der Waals surface area contributed by atoms with Gasteiger partial charge in [0.05, 0.1) is 6.17 Å². The molecule has 0 spiro atoms. The van der Waals surface area contributed by atoms with Crippen molar-refractivity contribution in [3.63, 3.8) is 0 Å². The second-order valence-corrected chi connectivity index (χ2v) is 17.5. The maximum absolute atomic E-state index is 2.54. The Morgan fingerprint density at radius 2 is 1.07 bits per heavy atom. The second-order valence-electron chi connectivity index (χ2n) is 14.1. The monoisotopic (exact) mass is 570 g/mol. The molecule has 0 N–H and O–H groups in total. The van der Waals surface area contributed by atoms with Crippen molar-refractivity contribution in [2.45, 2.75) is 113 Å². The predicted octanol–water partition coefficient (Wildman–Crippen LogP) is 9.47. The van der Waals surface area contributed by atoms with Gasteiger partial charge in [-0.3, -0.25) is 9.80 Å². The summed E-state index contributed by atoms with van der Waals surface area (Å²) in [6.45, 7) is 25.9. The molecule has 230 valence electrons. The largest absolute Gasteiger partial charge is 0.377 e. The average Bonchev–Trinajstić information content (AvgIpc) is 3.04. The van der Waals surface area contributed by atoms with Gasteiger partial charge in [-0.2, -0.15) is 0 Å². The number of rotatable bonds is 5. The van der Waals surface area contributed by atoms with Crippen molar-refractivity contribution < 1.29 is 0 Å². The van der Waals surface area contributed by atoms with Gasteiger partial charge in [0.1, 0.15) is 0 Å². The summed E-state index contributed by atoms with van der Waals surface area (Å²) < 4.78 is 0. The van der Waals surface area contributed by atoms with Crippen LogP contribution < -0.4 is 10.2 Å². The highest BCUT2D eigenvalue weighted by molar-refractivity contribution is 7.67. The van der Waals surface area contributed by atoms with Crippen LogP contribution in [0.15, 0.2) is 48.5 Å². The van der Waals surface area contributed by atoms with Crippen molar-refractivity contribution in [3.05, 3.63) is 56.0 Å². The van der Waals surface area contributed by atoms with Gasteiger partial charge in [0.2, 0.25) is 0 Å². The van der Waals surface area contributed by atoms with Crippen LogP contribution in [0.25, 0.3) is 11.1 Å². The van der Waals surface area contributed by atoms with E-state index >= 15 is 0 Å². The van der Waals surface area contributed by atoms with Gasteiger partial charge in [0.15, 0.2) is 0 Å². The van der Waals surface area contributed by atoms with E-state index in [1.165, 1.54) is 22.1 Å². The Balaban J connectivity index is 0.000000758. The third kappa shape index (κ3) is 8.80. The van der Waals surface area contributed by atoms with E-state index in [0.717, 1.165) is 0 Å². The normalized spacial score (nSPS) is 20.2. The lowest BCUT2D eigenvalue weighted by atomic mass is 9.73. The molecular formula is C36H65N3P-. The lowest BCUT2D eigenvalue weighted by Crippen LogP contribution is -2.50. The summed E-state index contributed by atoms with van der Waals surface area (Å²) in [5.74, 6) is 0. The summed E-state index contributed by atoms with van der Waals surface area (Å²) in [6.07, 6.45) is 0.536. The maximum atomic E-state index is 2.54. The first-order chi connectivity index (χ1) is 17.4. The van der Waals surface area contributed by atoms with Crippen molar-refractivity contribution in [2.24, 2.45) is 10.8 Å². The highest BCUT2D eigenvalue weighted by Crippen LogP contribution is 2.48. The molecule has 1 aliphatic rings. The molecule has 3 rings (SSSR count). The lowest BCUT2D eigenvalue weighted by Gasteiger charge is -2.42. The van der Waals surface area contributed by atoms with Crippen LogP contribution in [0.5, 0.6) is 0 Å². The van der Waals surface area contributed by atoms with Gasteiger partial charge in [-0.05, 0) is 60.1 Å². The van der Waals surface area contributed by atoms with Crippen molar-refractivity contribution in [2.75, 3.05) is 33.1 Å². The standard InChI is InChI=1S/C20H28NP.C14H30N2.CH4.CH3/c1-15(2)22(16(3)4)20-14-10-8-12-18(20)17-11-7-9-13-19(17)21(5)6;1-10-15(8)11(13(2,3)4)12(16(10)9)14(5,6)7;;/h7-16H,1-6H3;10-12H,1-9H3;1H4;1H3/q;;;-1. The summed E-state index contributed by atoms with van der Waals surface area (Å²) in [5.41, 5.74) is 6.08. The van der Waals surface area contributed by atoms with E-state index in [9.17, 15) is 0 Å². The summed E-state index contributed by atoms with van der Waals surface area (Å²) >= 11 is 0. The molecule has 1 heterocycles. The molecule has 0 aliphatic carbocycles. The van der Waals surface area contributed by atoms with E-state index in [4.69, 9.17) is 0 Å². The summed E-state index contributed by atoms with van der Waals surface area (Å²) in [4.78, 5) is 7.28. The molecule has 2 unspecified atom stereocenters. The first-order valence-electron chi connectivity index (χ1n) is 14.5. The topological polar surface area (TPSA) is 9.72 Å². The second kappa shape index (κ2) is 15.2. The van der Waals surface area contributed by atoms with E-state index in [0.29, 0.717) is 40.4 Å². The van der Waals surface area contributed by atoms with Crippen LogP contribution in [-0.4, -0.2) is 67.6 Å². The molecule has 0 aromatic heterocycles. The van der Waals surface area contributed by atoms with Crippen LogP contribution in [0.1, 0.15) is 83.6 Å². The lowest BCUT2D eigenvalue weighted by molar-refractivity contribution is 0.0926. The highest BCUT2D eigenvalue weighted by atomic mass is 31.1. The molecule has 3 nitrogen and oxygen atoms in total. The molecule has 1 aliphatic heterocycles. The summed E-state index contributed by atoms with van der Waals surface area (Å²) in [5, 5.41) is 1.54. The molecule has 0 saturated carbocycles. The van der Waals surface area contributed by atoms with E-state index in [2.05, 4.69) is 168 Å². The third-order valence-electron chi connectivity index (χ3n) is 8.10. The maximum Gasteiger partial charge on any atom is 0.0594 e. The number of para-hydroxylation sites is 1. The van der Waals surface area contributed by atoms with Crippen molar-refractivity contribution in [3.8, 4) is 11.1 Å². The summed E-state index contributed by atoms with van der Waals surface area (Å²) in [7, 11) is 8.61. The molecule has 1 fully saturated rings. The number of hydrogen-bond donors (Lipinski definition) is 0. The van der Waals surface area contributed by atoms with Crippen molar-refractivity contribution >= 4 is 18.9 Å². The minimum atomic E-state index is -0.168. The first-order valence-corrected chi connectivity index (χ1v) is 16.0. The molecular weight excluding hydrogens is 505 g/mol. The minimum absolute atomic E-state index is 0. The number of anilines is 1. The van der Waals surface area contributed by atoms with Crippen LogP contribution >= 0.6 is 7.92 Å². The Morgan fingerprint density at radius 3 is 1.45 bits per heavy atom. The van der Waals surface area contributed by atoms with E-state index in [-0.39, 0.29) is 22.8 Å². The van der Waals surface area contributed by atoms with Crippen molar-refractivity contribution in [1.29, 1.82) is 0 Å². The minimum Gasteiger partial charge on any atom is -0.377 e. The fourth-order valence-corrected chi connectivity index (χ4v) is 9.57. The zero-order valence-electron chi connectivity index (χ0n) is 28.3. The van der Waals surface area contributed by atoms with Crippen LogP contribution in [-0.2, 0) is 0 Å². The fraction of sp³-hybridized carbons (Fsp3) is 0.639. The zero-order valence-corrected chi connectivity index (χ0v) is 29.2. The van der Waals surface area contributed by atoms with Crippen LogP contribution in [0.3, 0.4) is 0 Å². The molecule has 0 amide bonds. The van der Waals surface area contributed by atoms with E-state index in [1.807, 2.05) is 0 Å². The van der Waals surface area contributed by atoms with Crippen LogP contribution in [0.2, 0.25) is 0 Å². The van der Waals surface area contributed by atoms with Gasteiger partial charge in [0.25, 0.3) is 0 Å². The van der Waals surface area contributed by atoms with E-state index < -0.39 is 0 Å². The van der Waals surface area contributed by atoms with E-state index in [1.54, 1.807) is 0 Å². The van der Waals surface area contributed by atoms with Gasteiger partial charge in [-0.15, -0.1) is 0 Å². The molecule has 0 radical (unpaired) electrons. The molecule has 0 bridgehead atoms. The number of nitrogens with zero attached hydrogens (tertiary/aromatic N) is 3. The Labute approximate surface area is 252 Å². The molecule has 2 aromatic carbocycles. The molecule has 2 aromatic rings. The SMILES string of the molecule is C.CC(C)P(c1ccccc1-c1ccccc1N(C)C)C(C)C.CC1N(C)C(C(C)(C)C)C(C(C)(C)C)N1C.[CH3-]. The smallest absolute Gasteiger partial charge is 0.0594 e. The highest BCUT2D eigenvalue weighted by Gasteiger charge is 2.50. The quantitative estimate of drug-likeness (QED) is 0.262. The Hall–Kier alpha value is -1.41. The van der Waals surface area contributed by atoms with Gasteiger partial charge in [-0.1, -0.05) is 127 Å². The van der Waals surface area contributed by atoms with Gasteiger partial charge in [-0.25, -0.2) is 0 Å². The van der Waals surface area contributed by atoms with Crippen molar-refractivity contribution in [1.82, 2.24) is 9.80 Å². The Bertz CT molecular complexity index is 981. The van der Waals surface area contributed by atoms with Gasteiger partial charge in [0, 0.05) is 37.4 Å². The fourth-order valence-electron chi connectivity index (χ4n) is 6.54. The average molecular weight is 571 g/mol. The Morgan fingerprint density at radius 1 is 0.700 bits per heavy atom. The summed E-state index contributed by atoms with van der Waals surface area (Å²) in [6, 6.07) is 18.9.